The molecule has 0 amide bonds. The molecule has 0 aliphatic rings. The van der Waals surface area contributed by atoms with Crippen LogP contribution in [0.1, 0.15) is 5.56 Å². The Morgan fingerprint density at radius 3 is 2.44 bits per heavy atom. The van der Waals surface area contributed by atoms with Crippen molar-refractivity contribution in [3.05, 3.63) is 35.9 Å². The maximum atomic E-state index is 10.9. The number of ether oxygens (including phenoxy) is 1. The Morgan fingerprint density at radius 2 is 1.94 bits per heavy atom. The van der Waals surface area contributed by atoms with E-state index in [0.717, 1.165) is 5.56 Å². The van der Waals surface area contributed by atoms with Gasteiger partial charge in [0.15, 0.2) is 0 Å². The fraction of sp³-hybridized carbons (Fsp3) is 0.273. The summed E-state index contributed by atoms with van der Waals surface area (Å²) in [5, 5.41) is 8.86. The van der Waals surface area contributed by atoms with Crippen molar-refractivity contribution in [2.75, 3.05) is 6.54 Å². The van der Waals surface area contributed by atoms with E-state index in [9.17, 15) is 9.59 Å². The lowest BCUT2D eigenvalue weighted by atomic mass is 10.1. The van der Waals surface area contributed by atoms with E-state index in [1.54, 1.807) is 24.3 Å². The van der Waals surface area contributed by atoms with Crippen molar-refractivity contribution in [2.24, 2.45) is 5.73 Å². The number of hydrogen-bond acceptors (Lipinski definition) is 4. The second-order valence-corrected chi connectivity index (χ2v) is 3.21. The van der Waals surface area contributed by atoms with Crippen LogP contribution in [0.3, 0.4) is 0 Å². The van der Waals surface area contributed by atoms with Crippen molar-refractivity contribution in [3.63, 3.8) is 0 Å². The lowest BCUT2D eigenvalue weighted by Crippen LogP contribution is -2.31. The number of carboxylic acids is 1. The fourth-order valence-corrected chi connectivity index (χ4v) is 1.21. The molecule has 0 heterocycles. The van der Waals surface area contributed by atoms with Crippen LogP contribution in [0, 0.1) is 0 Å². The average Bonchev–Trinajstić information content (AvgIpc) is 2.29. The monoisotopic (exact) mass is 223 g/mol. The minimum Gasteiger partial charge on any atom is -0.478 e. The molecule has 0 fully saturated rings. The first-order valence-corrected chi connectivity index (χ1v) is 4.79. The van der Waals surface area contributed by atoms with Gasteiger partial charge in [-0.3, -0.25) is 4.79 Å². The number of carbonyl (C=O) groups is 2. The first-order valence-electron chi connectivity index (χ1n) is 4.79. The molecule has 0 aromatic heterocycles. The molecule has 0 saturated carbocycles. The molecule has 0 aliphatic carbocycles. The van der Waals surface area contributed by atoms with Crippen LogP contribution in [0.25, 0.3) is 0 Å². The van der Waals surface area contributed by atoms with E-state index in [4.69, 9.17) is 15.6 Å². The number of carbonyl (C=O) groups excluding carboxylic acids is 1. The zero-order valence-electron chi connectivity index (χ0n) is 8.63. The predicted molar refractivity (Wildman–Crippen MR) is 56.7 cm³/mol. The van der Waals surface area contributed by atoms with E-state index in [2.05, 4.69) is 0 Å². The SMILES string of the molecule is NCC(=O)O[C@@H](Cc1ccccc1)C(=O)O. The molecule has 16 heavy (non-hydrogen) atoms. The summed E-state index contributed by atoms with van der Waals surface area (Å²) in [6.07, 6.45) is -1.04. The van der Waals surface area contributed by atoms with Gasteiger partial charge in [-0.15, -0.1) is 0 Å². The van der Waals surface area contributed by atoms with E-state index in [1.807, 2.05) is 6.07 Å². The number of carboxylic acid groups (broad SMARTS) is 1. The highest BCUT2D eigenvalue weighted by atomic mass is 16.6. The molecule has 1 rings (SSSR count). The first-order chi connectivity index (χ1) is 7.63. The number of esters is 1. The Hall–Kier alpha value is -1.88. The van der Waals surface area contributed by atoms with Crippen LogP contribution in [0.4, 0.5) is 0 Å². The van der Waals surface area contributed by atoms with E-state index >= 15 is 0 Å². The fourth-order valence-electron chi connectivity index (χ4n) is 1.21. The molecule has 3 N–H and O–H groups in total. The van der Waals surface area contributed by atoms with Gasteiger partial charge in [0, 0.05) is 6.42 Å². The van der Waals surface area contributed by atoms with E-state index in [0.29, 0.717) is 0 Å². The van der Waals surface area contributed by atoms with Gasteiger partial charge in [0.1, 0.15) is 0 Å². The minimum atomic E-state index is -1.18. The number of rotatable bonds is 5. The predicted octanol–water partition coefficient (Wildman–Crippen LogP) is 0.184. The number of hydrogen-bond donors (Lipinski definition) is 2. The highest BCUT2D eigenvalue weighted by Gasteiger charge is 2.21. The second kappa shape index (κ2) is 5.87. The van der Waals surface area contributed by atoms with Crippen LogP contribution in [0.2, 0.25) is 0 Å². The second-order valence-electron chi connectivity index (χ2n) is 3.21. The lowest BCUT2D eigenvalue weighted by Gasteiger charge is -2.12. The van der Waals surface area contributed by atoms with Crippen LogP contribution in [-0.2, 0) is 20.7 Å². The summed E-state index contributed by atoms with van der Waals surface area (Å²) >= 11 is 0. The molecule has 5 nitrogen and oxygen atoms in total. The maximum Gasteiger partial charge on any atom is 0.345 e. The van der Waals surface area contributed by atoms with Gasteiger partial charge < -0.3 is 15.6 Å². The molecule has 0 saturated heterocycles. The summed E-state index contributed by atoms with van der Waals surface area (Å²) in [5.74, 6) is -1.89. The van der Waals surface area contributed by atoms with Crippen LogP contribution in [-0.4, -0.2) is 29.7 Å². The summed E-state index contributed by atoms with van der Waals surface area (Å²) < 4.78 is 4.70. The van der Waals surface area contributed by atoms with Crippen LogP contribution >= 0.6 is 0 Å². The molecular formula is C11H13NO4. The lowest BCUT2D eigenvalue weighted by molar-refractivity contribution is -0.162. The molecule has 0 bridgehead atoms. The van der Waals surface area contributed by atoms with Gasteiger partial charge in [-0.05, 0) is 5.56 Å². The molecule has 0 unspecified atom stereocenters. The zero-order valence-corrected chi connectivity index (χ0v) is 8.63. The van der Waals surface area contributed by atoms with Crippen molar-refractivity contribution < 1.29 is 19.4 Å². The number of nitrogens with two attached hydrogens (primary N) is 1. The van der Waals surface area contributed by atoms with Gasteiger partial charge >= 0.3 is 11.9 Å². The third-order valence-corrected chi connectivity index (χ3v) is 1.98. The largest absolute Gasteiger partial charge is 0.478 e. The summed E-state index contributed by atoms with van der Waals surface area (Å²) in [6.45, 7) is -0.321. The van der Waals surface area contributed by atoms with Gasteiger partial charge in [0.05, 0.1) is 6.54 Å². The van der Waals surface area contributed by atoms with Crippen LogP contribution in [0.15, 0.2) is 30.3 Å². The molecule has 1 aromatic carbocycles. The Kier molecular flexibility index (Phi) is 4.47. The van der Waals surface area contributed by atoms with Crippen LogP contribution < -0.4 is 5.73 Å². The Bertz CT molecular complexity index is 364. The molecule has 1 aromatic rings. The standard InChI is InChI=1S/C11H13NO4/c12-7-10(13)16-9(11(14)15)6-8-4-2-1-3-5-8/h1-5,9H,6-7,12H2,(H,14,15)/t9-/m0/s1. The van der Waals surface area contributed by atoms with Crippen molar-refractivity contribution in [2.45, 2.75) is 12.5 Å². The summed E-state index contributed by atoms with van der Waals surface area (Å²) in [4.78, 5) is 21.7. The highest BCUT2D eigenvalue weighted by molar-refractivity contribution is 5.79. The van der Waals surface area contributed by atoms with Crippen molar-refractivity contribution in [3.8, 4) is 0 Å². The zero-order chi connectivity index (χ0) is 12.0. The topological polar surface area (TPSA) is 89.6 Å². The Labute approximate surface area is 92.8 Å². The van der Waals surface area contributed by atoms with Crippen molar-refractivity contribution in [1.82, 2.24) is 0 Å². The molecule has 0 aliphatic heterocycles. The van der Waals surface area contributed by atoms with E-state index in [1.165, 1.54) is 0 Å². The normalized spacial score (nSPS) is 11.8. The van der Waals surface area contributed by atoms with Gasteiger partial charge in [-0.25, -0.2) is 4.79 Å². The molecule has 0 radical (unpaired) electrons. The quantitative estimate of drug-likeness (QED) is 0.695. The van der Waals surface area contributed by atoms with Crippen molar-refractivity contribution in [1.29, 1.82) is 0 Å². The van der Waals surface area contributed by atoms with Gasteiger partial charge in [-0.2, -0.15) is 0 Å². The van der Waals surface area contributed by atoms with Gasteiger partial charge in [0.25, 0.3) is 0 Å². The highest BCUT2D eigenvalue weighted by Crippen LogP contribution is 2.06. The molecule has 86 valence electrons. The average molecular weight is 223 g/mol. The summed E-state index contributed by atoms with van der Waals surface area (Å²) in [7, 11) is 0. The smallest absolute Gasteiger partial charge is 0.345 e. The maximum absolute atomic E-state index is 10.9. The van der Waals surface area contributed by atoms with Crippen molar-refractivity contribution >= 4 is 11.9 Å². The first kappa shape index (κ1) is 12.2. The third kappa shape index (κ3) is 3.70. The Balaban J connectivity index is 2.65. The summed E-state index contributed by atoms with van der Waals surface area (Å²) in [5.41, 5.74) is 5.84. The Morgan fingerprint density at radius 1 is 1.31 bits per heavy atom. The van der Waals surface area contributed by atoms with Crippen LogP contribution in [0.5, 0.6) is 0 Å². The number of aliphatic carboxylic acids is 1. The summed E-state index contributed by atoms with van der Waals surface area (Å²) in [6, 6.07) is 8.95. The number of benzene rings is 1. The van der Waals surface area contributed by atoms with Gasteiger partial charge in [0.2, 0.25) is 6.10 Å². The van der Waals surface area contributed by atoms with Gasteiger partial charge in [-0.1, -0.05) is 30.3 Å². The molecular weight excluding hydrogens is 210 g/mol. The molecule has 1 atom stereocenters. The third-order valence-electron chi connectivity index (χ3n) is 1.98. The van der Waals surface area contributed by atoms with E-state index in [-0.39, 0.29) is 13.0 Å². The molecule has 0 spiro atoms. The van der Waals surface area contributed by atoms with E-state index < -0.39 is 18.0 Å². The minimum absolute atomic E-state index is 0.141. The molecule has 5 heteroatoms.